The van der Waals surface area contributed by atoms with Crippen LogP contribution in [0.5, 0.6) is 0 Å². The molecular formula is C14H17N3OS2. The highest BCUT2D eigenvalue weighted by atomic mass is 32.1. The van der Waals surface area contributed by atoms with Crippen molar-refractivity contribution in [1.82, 2.24) is 10.2 Å². The average Bonchev–Trinajstić information content (AvgIpc) is 3.12. The maximum absolute atomic E-state index is 11.9. The lowest BCUT2D eigenvalue weighted by Crippen LogP contribution is -2.39. The number of nitrogens with one attached hydrogen (secondary N) is 2. The van der Waals surface area contributed by atoms with Crippen LogP contribution in [0.15, 0.2) is 34.3 Å². The van der Waals surface area contributed by atoms with E-state index in [1.807, 2.05) is 17.5 Å². The summed E-state index contributed by atoms with van der Waals surface area (Å²) in [4.78, 5) is 14.2. The first-order chi connectivity index (χ1) is 9.79. The Bertz CT molecular complexity index is 539. The molecule has 1 fully saturated rings. The SMILES string of the molecule is O=C(Nc1cccs1)NC1CCN(Cc2ccsc2)C1. The molecule has 2 N–H and O–H groups in total. The van der Waals surface area contributed by atoms with Crippen molar-refractivity contribution < 1.29 is 4.79 Å². The number of thiophene rings is 2. The van der Waals surface area contributed by atoms with Gasteiger partial charge in [0.25, 0.3) is 0 Å². The Balaban J connectivity index is 1.44. The molecule has 0 aliphatic carbocycles. The third-order valence-electron chi connectivity index (χ3n) is 3.35. The molecule has 3 rings (SSSR count). The lowest BCUT2D eigenvalue weighted by Gasteiger charge is -2.16. The van der Waals surface area contributed by atoms with E-state index in [4.69, 9.17) is 0 Å². The van der Waals surface area contributed by atoms with Gasteiger partial charge in [0.05, 0.1) is 5.00 Å². The molecule has 3 heterocycles. The van der Waals surface area contributed by atoms with Crippen LogP contribution in [0.4, 0.5) is 9.80 Å². The summed E-state index contributed by atoms with van der Waals surface area (Å²) in [5.74, 6) is 0. The molecule has 1 atom stereocenters. The van der Waals surface area contributed by atoms with Crippen molar-refractivity contribution in [2.24, 2.45) is 0 Å². The molecule has 0 saturated carbocycles. The lowest BCUT2D eigenvalue weighted by atomic mass is 10.3. The molecule has 1 unspecified atom stereocenters. The molecule has 0 bridgehead atoms. The van der Waals surface area contributed by atoms with Crippen molar-refractivity contribution in [1.29, 1.82) is 0 Å². The van der Waals surface area contributed by atoms with Crippen LogP contribution in [0.2, 0.25) is 0 Å². The molecule has 0 spiro atoms. The van der Waals surface area contributed by atoms with E-state index in [1.165, 1.54) is 16.9 Å². The number of hydrogen-bond acceptors (Lipinski definition) is 4. The van der Waals surface area contributed by atoms with Crippen LogP contribution in [0.25, 0.3) is 0 Å². The van der Waals surface area contributed by atoms with E-state index in [1.54, 1.807) is 11.3 Å². The minimum atomic E-state index is -0.102. The van der Waals surface area contributed by atoms with Gasteiger partial charge in [-0.05, 0) is 46.3 Å². The van der Waals surface area contributed by atoms with Gasteiger partial charge in [-0.3, -0.25) is 10.2 Å². The van der Waals surface area contributed by atoms with Crippen molar-refractivity contribution in [3.8, 4) is 0 Å². The standard InChI is InChI=1S/C14H17N3OS2/c18-14(16-13-2-1-6-20-13)15-12-3-5-17(9-12)8-11-4-7-19-10-11/h1-2,4,6-7,10,12H,3,5,8-9H2,(H2,15,16,18). The first-order valence-electron chi connectivity index (χ1n) is 6.64. The zero-order valence-corrected chi connectivity index (χ0v) is 12.7. The number of nitrogens with zero attached hydrogens (tertiary/aromatic N) is 1. The third-order valence-corrected chi connectivity index (χ3v) is 4.87. The van der Waals surface area contributed by atoms with Gasteiger partial charge in [0.1, 0.15) is 0 Å². The molecule has 20 heavy (non-hydrogen) atoms. The number of carbonyl (C=O) groups excluding carboxylic acids is 1. The number of hydrogen-bond donors (Lipinski definition) is 2. The Hall–Kier alpha value is -1.37. The van der Waals surface area contributed by atoms with Gasteiger partial charge in [0, 0.05) is 25.7 Å². The molecule has 2 aromatic heterocycles. The fourth-order valence-electron chi connectivity index (χ4n) is 2.42. The summed E-state index contributed by atoms with van der Waals surface area (Å²) >= 11 is 3.26. The largest absolute Gasteiger partial charge is 0.334 e. The van der Waals surface area contributed by atoms with Crippen LogP contribution in [-0.4, -0.2) is 30.1 Å². The predicted molar refractivity (Wildman–Crippen MR) is 84.5 cm³/mol. The number of likely N-dealkylation sites (tertiary alicyclic amines) is 1. The molecule has 4 nitrogen and oxygen atoms in total. The minimum absolute atomic E-state index is 0.102. The van der Waals surface area contributed by atoms with E-state index in [-0.39, 0.29) is 12.1 Å². The van der Waals surface area contributed by atoms with Crippen molar-refractivity contribution in [3.63, 3.8) is 0 Å². The summed E-state index contributed by atoms with van der Waals surface area (Å²) < 4.78 is 0. The van der Waals surface area contributed by atoms with Crippen molar-refractivity contribution in [2.45, 2.75) is 19.0 Å². The van der Waals surface area contributed by atoms with Crippen LogP contribution in [0.1, 0.15) is 12.0 Å². The predicted octanol–water partition coefficient (Wildman–Crippen LogP) is 3.21. The molecule has 1 aliphatic heterocycles. The summed E-state index contributed by atoms with van der Waals surface area (Å²) in [6, 6.07) is 6.14. The molecule has 1 saturated heterocycles. The molecular weight excluding hydrogens is 290 g/mol. The fraction of sp³-hybridized carbons (Fsp3) is 0.357. The van der Waals surface area contributed by atoms with Crippen LogP contribution in [0, 0.1) is 0 Å². The average molecular weight is 307 g/mol. The van der Waals surface area contributed by atoms with Crippen molar-refractivity contribution in [3.05, 3.63) is 39.9 Å². The van der Waals surface area contributed by atoms with E-state index in [9.17, 15) is 4.79 Å². The highest BCUT2D eigenvalue weighted by molar-refractivity contribution is 7.14. The molecule has 0 radical (unpaired) electrons. The molecule has 2 amide bonds. The first-order valence-corrected chi connectivity index (χ1v) is 8.46. The second kappa shape index (κ2) is 6.39. The van der Waals surface area contributed by atoms with Gasteiger partial charge in [-0.25, -0.2) is 4.79 Å². The summed E-state index contributed by atoms with van der Waals surface area (Å²) in [5, 5.41) is 13.0. The maximum Gasteiger partial charge on any atom is 0.320 e. The molecule has 0 aromatic carbocycles. The van der Waals surface area contributed by atoms with Gasteiger partial charge < -0.3 is 5.32 Å². The quantitative estimate of drug-likeness (QED) is 0.911. The Morgan fingerprint density at radius 1 is 1.40 bits per heavy atom. The van der Waals surface area contributed by atoms with Crippen LogP contribution in [0.3, 0.4) is 0 Å². The monoisotopic (exact) mass is 307 g/mol. The van der Waals surface area contributed by atoms with Gasteiger partial charge in [-0.15, -0.1) is 11.3 Å². The number of anilines is 1. The number of amides is 2. The van der Waals surface area contributed by atoms with Crippen molar-refractivity contribution in [2.75, 3.05) is 18.4 Å². The zero-order valence-electron chi connectivity index (χ0n) is 11.0. The van der Waals surface area contributed by atoms with Gasteiger partial charge in [0.2, 0.25) is 0 Å². The maximum atomic E-state index is 11.9. The third kappa shape index (κ3) is 3.59. The lowest BCUT2D eigenvalue weighted by molar-refractivity contribution is 0.247. The molecule has 106 valence electrons. The summed E-state index contributed by atoms with van der Waals surface area (Å²) in [6.45, 7) is 2.95. The highest BCUT2D eigenvalue weighted by Gasteiger charge is 2.23. The molecule has 2 aromatic rings. The summed E-state index contributed by atoms with van der Waals surface area (Å²) in [6.07, 6.45) is 1.02. The van der Waals surface area contributed by atoms with E-state index in [2.05, 4.69) is 32.4 Å². The summed E-state index contributed by atoms with van der Waals surface area (Å²) in [5.41, 5.74) is 1.36. The molecule has 1 aliphatic rings. The van der Waals surface area contributed by atoms with E-state index in [0.717, 1.165) is 31.1 Å². The Kier molecular flexibility index (Phi) is 4.34. The van der Waals surface area contributed by atoms with Gasteiger partial charge in [0.15, 0.2) is 0 Å². The number of rotatable bonds is 4. The second-order valence-electron chi connectivity index (χ2n) is 4.93. The normalized spacial score (nSPS) is 19.1. The zero-order chi connectivity index (χ0) is 13.8. The van der Waals surface area contributed by atoms with Crippen LogP contribution >= 0.6 is 22.7 Å². The van der Waals surface area contributed by atoms with E-state index < -0.39 is 0 Å². The second-order valence-corrected chi connectivity index (χ2v) is 6.66. The Labute approximate surface area is 126 Å². The van der Waals surface area contributed by atoms with Gasteiger partial charge in [-0.1, -0.05) is 0 Å². The van der Waals surface area contributed by atoms with Gasteiger partial charge in [-0.2, -0.15) is 11.3 Å². The van der Waals surface area contributed by atoms with E-state index >= 15 is 0 Å². The van der Waals surface area contributed by atoms with Gasteiger partial charge >= 0.3 is 6.03 Å². The number of carbonyl (C=O) groups is 1. The van der Waals surface area contributed by atoms with Crippen molar-refractivity contribution >= 4 is 33.7 Å². The van der Waals surface area contributed by atoms with Crippen LogP contribution < -0.4 is 10.6 Å². The topological polar surface area (TPSA) is 44.4 Å². The summed E-state index contributed by atoms with van der Waals surface area (Å²) in [7, 11) is 0. The number of urea groups is 1. The Morgan fingerprint density at radius 2 is 2.35 bits per heavy atom. The van der Waals surface area contributed by atoms with Crippen LogP contribution in [-0.2, 0) is 6.54 Å². The van der Waals surface area contributed by atoms with E-state index in [0.29, 0.717) is 0 Å². The smallest absolute Gasteiger partial charge is 0.320 e. The minimum Gasteiger partial charge on any atom is -0.334 e. The fourth-order valence-corrected chi connectivity index (χ4v) is 3.69. The first kappa shape index (κ1) is 13.6. The highest BCUT2D eigenvalue weighted by Crippen LogP contribution is 2.17. The molecule has 6 heteroatoms. The Morgan fingerprint density at radius 3 is 3.10 bits per heavy atom.